The van der Waals surface area contributed by atoms with Gasteiger partial charge in [-0.15, -0.1) is 0 Å². The van der Waals surface area contributed by atoms with Crippen LogP contribution in [-0.2, 0) is 9.47 Å². The molecule has 0 saturated carbocycles. The molecule has 0 unspecified atom stereocenters. The number of hydrogen-bond donors (Lipinski definition) is 2. The lowest BCUT2D eigenvalue weighted by Gasteiger charge is -2.27. The molecule has 0 bridgehead atoms. The Morgan fingerprint density at radius 2 is 1.97 bits per heavy atom. The van der Waals surface area contributed by atoms with Gasteiger partial charge < -0.3 is 24.5 Å². The lowest BCUT2D eigenvalue weighted by Crippen LogP contribution is -2.30. The normalized spacial score (nSPS) is 17.9. The van der Waals surface area contributed by atoms with Crippen molar-refractivity contribution in [3.05, 3.63) is 47.9 Å². The second kappa shape index (κ2) is 7.46. The molecule has 150 valence electrons. The van der Waals surface area contributed by atoms with Gasteiger partial charge in [0, 0.05) is 30.3 Å². The molecule has 2 aromatic heterocycles. The number of benzene rings is 1. The number of fused-ring (bicyclic) bond motifs is 1. The Labute approximate surface area is 168 Å². The van der Waals surface area contributed by atoms with Gasteiger partial charge in [-0.3, -0.25) is 5.41 Å². The fraction of sp³-hybridized carbons (Fsp3) is 0.381. The highest BCUT2D eigenvalue weighted by Gasteiger charge is 2.24. The number of rotatable bonds is 5. The van der Waals surface area contributed by atoms with E-state index in [1.54, 1.807) is 12.3 Å². The summed E-state index contributed by atoms with van der Waals surface area (Å²) >= 11 is 0. The van der Waals surface area contributed by atoms with Gasteiger partial charge in [0.15, 0.2) is 0 Å². The smallest absolute Gasteiger partial charge is 0.225 e. The van der Waals surface area contributed by atoms with E-state index in [1.165, 1.54) is 0 Å². The molecule has 0 amide bonds. The first-order valence-electron chi connectivity index (χ1n) is 9.83. The fourth-order valence-corrected chi connectivity index (χ4v) is 3.75. The van der Waals surface area contributed by atoms with Crippen LogP contribution in [0.1, 0.15) is 30.0 Å². The molecule has 0 aliphatic carbocycles. The fourth-order valence-electron chi connectivity index (χ4n) is 3.75. The van der Waals surface area contributed by atoms with Gasteiger partial charge in [0.05, 0.1) is 61.1 Å². The number of imidazole rings is 1. The Morgan fingerprint density at radius 1 is 1.14 bits per heavy atom. The molecule has 2 fully saturated rings. The Kier molecular flexibility index (Phi) is 4.65. The lowest BCUT2D eigenvalue weighted by atomic mass is 10.0. The van der Waals surface area contributed by atoms with Crippen molar-refractivity contribution in [1.82, 2.24) is 14.5 Å². The minimum absolute atomic E-state index is 0.0205. The summed E-state index contributed by atoms with van der Waals surface area (Å²) in [6.45, 7) is 2.72. The molecule has 3 N–H and O–H groups in total. The molecule has 0 atom stereocenters. The largest absolute Gasteiger partial charge is 0.474 e. The predicted octanol–water partition coefficient (Wildman–Crippen LogP) is 2.56. The van der Waals surface area contributed by atoms with Crippen molar-refractivity contribution in [2.24, 2.45) is 0 Å². The van der Waals surface area contributed by atoms with Crippen molar-refractivity contribution in [2.45, 2.75) is 25.0 Å². The second-order valence-corrected chi connectivity index (χ2v) is 7.43. The van der Waals surface area contributed by atoms with Crippen LogP contribution < -0.4 is 10.5 Å². The topological polar surface area (TPSA) is 108 Å². The molecule has 2 saturated heterocycles. The summed E-state index contributed by atoms with van der Waals surface area (Å²) in [5.74, 6) is 0.405. The Hall–Kier alpha value is -2.97. The minimum atomic E-state index is 0.0205. The van der Waals surface area contributed by atoms with E-state index in [0.717, 1.165) is 29.4 Å². The quantitative estimate of drug-likeness (QED) is 0.645. The van der Waals surface area contributed by atoms with E-state index in [4.69, 9.17) is 25.4 Å². The maximum atomic E-state index is 8.86. The number of ether oxygens (including phenoxy) is 3. The first-order valence-corrected chi connectivity index (χ1v) is 9.83. The summed E-state index contributed by atoms with van der Waals surface area (Å²) in [5, 5.41) is 8.86. The molecular formula is C21H23N5O3. The Morgan fingerprint density at radius 3 is 2.72 bits per heavy atom. The molecule has 8 nitrogen and oxygen atoms in total. The van der Waals surface area contributed by atoms with Gasteiger partial charge in [0.2, 0.25) is 5.88 Å². The van der Waals surface area contributed by atoms with Crippen LogP contribution in [0.3, 0.4) is 0 Å². The monoisotopic (exact) mass is 393 g/mol. The number of anilines is 1. The third kappa shape index (κ3) is 3.34. The van der Waals surface area contributed by atoms with Crippen molar-refractivity contribution in [3.8, 4) is 5.88 Å². The number of nitrogens with zero attached hydrogens (tertiary/aromatic N) is 3. The molecule has 29 heavy (non-hydrogen) atoms. The Bertz CT molecular complexity index is 1050. The molecular weight excluding hydrogens is 370 g/mol. The number of nitrogens with two attached hydrogens (primary N) is 1. The van der Waals surface area contributed by atoms with Crippen molar-refractivity contribution in [3.63, 3.8) is 0 Å². The summed E-state index contributed by atoms with van der Waals surface area (Å²) in [5.41, 5.74) is 10.2. The van der Waals surface area contributed by atoms with E-state index in [0.29, 0.717) is 49.6 Å². The van der Waals surface area contributed by atoms with Crippen LogP contribution in [0.25, 0.3) is 11.0 Å². The number of pyridine rings is 1. The van der Waals surface area contributed by atoms with Gasteiger partial charge in [-0.25, -0.2) is 9.97 Å². The van der Waals surface area contributed by atoms with Crippen LogP contribution in [-0.4, -0.2) is 52.8 Å². The summed E-state index contributed by atoms with van der Waals surface area (Å²) in [4.78, 5) is 8.85. The maximum absolute atomic E-state index is 8.86. The van der Waals surface area contributed by atoms with Crippen molar-refractivity contribution < 1.29 is 14.2 Å². The summed E-state index contributed by atoms with van der Waals surface area (Å²) in [6.07, 6.45) is 5.08. The van der Waals surface area contributed by atoms with Gasteiger partial charge in [-0.2, -0.15) is 0 Å². The molecule has 8 heteroatoms. The SMILES string of the molecule is N=C(c1ccc2ncn(C3COC3)c2c1)c1c(N)ccnc1OC1CCOCC1. The van der Waals surface area contributed by atoms with E-state index in [9.17, 15) is 0 Å². The van der Waals surface area contributed by atoms with E-state index in [1.807, 2.05) is 24.5 Å². The molecule has 2 aliphatic heterocycles. The average Bonchev–Trinajstić information content (AvgIpc) is 3.10. The van der Waals surface area contributed by atoms with E-state index >= 15 is 0 Å². The first-order chi connectivity index (χ1) is 14.2. The average molecular weight is 393 g/mol. The molecule has 3 aromatic rings. The van der Waals surface area contributed by atoms with Crippen LogP contribution >= 0.6 is 0 Å². The van der Waals surface area contributed by atoms with Crippen LogP contribution in [0.4, 0.5) is 5.69 Å². The van der Waals surface area contributed by atoms with Crippen LogP contribution in [0.5, 0.6) is 5.88 Å². The van der Waals surface area contributed by atoms with Gasteiger partial charge in [0.25, 0.3) is 0 Å². The molecule has 1 aromatic carbocycles. The standard InChI is InChI=1S/C21H23N5O3/c22-16-3-6-24-21(29-15-4-7-27-8-5-15)19(16)20(23)13-1-2-17-18(9-13)26(12-25-17)14-10-28-11-14/h1-3,6,9,12,14-15,23H,4-5,7-8,10-11H2,(H2,22,24). The zero-order valence-electron chi connectivity index (χ0n) is 16.0. The molecule has 2 aliphatic rings. The highest BCUT2D eigenvalue weighted by molar-refractivity contribution is 6.16. The molecule has 0 radical (unpaired) electrons. The van der Waals surface area contributed by atoms with Gasteiger partial charge in [-0.1, -0.05) is 6.07 Å². The molecule has 5 rings (SSSR count). The van der Waals surface area contributed by atoms with Crippen molar-refractivity contribution in [1.29, 1.82) is 5.41 Å². The summed E-state index contributed by atoms with van der Waals surface area (Å²) in [7, 11) is 0. The van der Waals surface area contributed by atoms with Gasteiger partial charge in [0.1, 0.15) is 6.10 Å². The van der Waals surface area contributed by atoms with E-state index < -0.39 is 0 Å². The predicted molar refractivity (Wildman–Crippen MR) is 109 cm³/mol. The lowest BCUT2D eigenvalue weighted by molar-refractivity contribution is -0.0216. The number of aromatic nitrogens is 3. The highest BCUT2D eigenvalue weighted by Crippen LogP contribution is 2.29. The van der Waals surface area contributed by atoms with Crippen LogP contribution in [0, 0.1) is 5.41 Å². The van der Waals surface area contributed by atoms with Gasteiger partial charge >= 0.3 is 0 Å². The maximum Gasteiger partial charge on any atom is 0.225 e. The molecule has 4 heterocycles. The Balaban J connectivity index is 1.50. The van der Waals surface area contributed by atoms with E-state index in [-0.39, 0.29) is 11.8 Å². The molecule has 0 spiro atoms. The second-order valence-electron chi connectivity index (χ2n) is 7.43. The summed E-state index contributed by atoms with van der Waals surface area (Å²) in [6, 6.07) is 7.80. The van der Waals surface area contributed by atoms with Gasteiger partial charge in [-0.05, 0) is 18.2 Å². The van der Waals surface area contributed by atoms with E-state index in [2.05, 4.69) is 14.5 Å². The first kappa shape index (κ1) is 18.1. The number of hydrogen-bond acceptors (Lipinski definition) is 7. The zero-order chi connectivity index (χ0) is 19.8. The number of nitrogens with one attached hydrogen (secondary N) is 1. The minimum Gasteiger partial charge on any atom is -0.474 e. The zero-order valence-corrected chi connectivity index (χ0v) is 16.0. The van der Waals surface area contributed by atoms with Crippen LogP contribution in [0.15, 0.2) is 36.8 Å². The highest BCUT2D eigenvalue weighted by atomic mass is 16.5. The van der Waals surface area contributed by atoms with Crippen molar-refractivity contribution in [2.75, 3.05) is 32.2 Å². The van der Waals surface area contributed by atoms with Crippen LogP contribution in [0.2, 0.25) is 0 Å². The summed E-state index contributed by atoms with van der Waals surface area (Å²) < 4.78 is 19.0. The third-order valence-electron chi connectivity index (χ3n) is 5.52. The number of nitrogen functional groups attached to an aromatic ring is 1. The third-order valence-corrected chi connectivity index (χ3v) is 5.52. The van der Waals surface area contributed by atoms with Crippen molar-refractivity contribution >= 4 is 22.4 Å².